The van der Waals surface area contributed by atoms with Crippen LogP contribution in [-0.4, -0.2) is 112 Å². The van der Waals surface area contributed by atoms with Gasteiger partial charge in [-0.3, -0.25) is 19.4 Å². The average molecular weight is 944 g/mol. The predicted octanol–water partition coefficient (Wildman–Crippen LogP) is 7.22. The van der Waals surface area contributed by atoms with Gasteiger partial charge in [0, 0.05) is 48.6 Å². The maximum atomic E-state index is 14.0. The Labute approximate surface area is 381 Å². The van der Waals surface area contributed by atoms with Gasteiger partial charge in [0.2, 0.25) is 0 Å². The number of methoxy groups -OCH3 is 4. The van der Waals surface area contributed by atoms with E-state index in [-0.39, 0.29) is 34.9 Å². The van der Waals surface area contributed by atoms with Gasteiger partial charge >= 0.3 is 0 Å². The van der Waals surface area contributed by atoms with Crippen LogP contribution in [0.2, 0.25) is 0 Å². The molecule has 0 radical (unpaired) electrons. The predicted molar refractivity (Wildman–Crippen MR) is 250 cm³/mol. The van der Waals surface area contributed by atoms with Crippen LogP contribution in [0, 0.1) is 10.8 Å². The second-order valence-corrected chi connectivity index (χ2v) is 19.8. The van der Waals surface area contributed by atoms with E-state index >= 15 is 0 Å². The lowest BCUT2D eigenvalue weighted by molar-refractivity contribution is -0.139. The van der Waals surface area contributed by atoms with E-state index in [1.54, 1.807) is 38.2 Å². The summed E-state index contributed by atoms with van der Waals surface area (Å²) >= 11 is 9.34. The second kappa shape index (κ2) is 20.5. The van der Waals surface area contributed by atoms with Crippen molar-refractivity contribution < 1.29 is 28.5 Å². The van der Waals surface area contributed by atoms with Crippen molar-refractivity contribution in [1.29, 1.82) is 0 Å². The molecule has 0 aromatic heterocycles. The van der Waals surface area contributed by atoms with Gasteiger partial charge in [0.05, 0.1) is 38.5 Å². The van der Waals surface area contributed by atoms with Crippen LogP contribution in [0.1, 0.15) is 100 Å². The van der Waals surface area contributed by atoms with Crippen molar-refractivity contribution >= 4 is 64.1 Å². The molecule has 2 saturated carbocycles. The Morgan fingerprint density at radius 2 is 1.18 bits per heavy atom. The van der Waals surface area contributed by atoms with E-state index in [9.17, 15) is 9.59 Å². The van der Waals surface area contributed by atoms with Gasteiger partial charge in [-0.15, -0.1) is 11.8 Å². The van der Waals surface area contributed by atoms with Gasteiger partial charge in [-0.2, -0.15) is 12.6 Å². The van der Waals surface area contributed by atoms with E-state index in [1.807, 2.05) is 17.8 Å². The number of rotatable bonds is 12. The van der Waals surface area contributed by atoms with Crippen LogP contribution in [0.4, 0.5) is 0 Å². The molecule has 4 N–H and O–H groups in total. The van der Waals surface area contributed by atoms with Crippen molar-refractivity contribution in [3.05, 3.63) is 63.1 Å². The minimum absolute atomic E-state index is 0.00948. The van der Waals surface area contributed by atoms with E-state index in [0.29, 0.717) is 38.2 Å². The van der Waals surface area contributed by atoms with E-state index in [4.69, 9.17) is 40.4 Å². The summed E-state index contributed by atoms with van der Waals surface area (Å²) in [4.78, 5) is 42.1. The summed E-state index contributed by atoms with van der Waals surface area (Å²) in [6.45, 7) is 6.02. The lowest BCUT2D eigenvalue weighted by Gasteiger charge is -2.45. The van der Waals surface area contributed by atoms with Gasteiger partial charge in [0.25, 0.3) is 11.8 Å². The third-order valence-corrected chi connectivity index (χ3v) is 16.1. The number of carbonyl (C=O) groups excluding carboxylic acids is 2. The fourth-order valence-corrected chi connectivity index (χ4v) is 12.0. The monoisotopic (exact) mass is 942 g/mol. The normalized spacial score (nSPS) is 29.8. The Bertz CT molecular complexity index is 1930. The van der Waals surface area contributed by atoms with Gasteiger partial charge in [-0.1, -0.05) is 41.9 Å². The number of aliphatic imine (C=N–C) groups is 2. The smallest absolute Gasteiger partial charge is 0.262 e. The minimum Gasteiger partial charge on any atom is -0.383 e. The standard InChI is InChI=1S/C23H33N3O3S.C20H26BrN3O3.C3H8S/c1-4-13-30-18-6-5-16-15-22(9-7-17(29-3)8-10-22)23(19(16)14-18)20(27)26(11-12-28-2)21(24)25-23;1-26-10-9-24-17(25)20(23-18(24)22)16-11-14(21)4-3-13(16)12-19(20)7-5-15(27-2)6-8-19;1-2-3-4/h5-6,14,17H,4,7-13,15H2,1-3H3,(H2,24,25);3-4,11,15H,5-10,12H2,1-2H3,(H2,22,23);4H,2-3H2,1H3. The molecule has 0 saturated heterocycles. The summed E-state index contributed by atoms with van der Waals surface area (Å²) in [7, 11) is 6.81. The highest BCUT2D eigenvalue weighted by Crippen LogP contribution is 2.63. The van der Waals surface area contributed by atoms with E-state index < -0.39 is 11.1 Å². The number of amides is 2. The number of ether oxygens (including phenoxy) is 4. The highest BCUT2D eigenvalue weighted by molar-refractivity contribution is 9.10. The van der Waals surface area contributed by atoms with Crippen molar-refractivity contribution in [2.45, 2.75) is 119 Å². The number of thiol groups is 1. The number of hydrogen-bond acceptors (Lipinski definition) is 12. The van der Waals surface area contributed by atoms with Crippen LogP contribution < -0.4 is 11.5 Å². The van der Waals surface area contributed by atoms with Gasteiger partial charge in [0.1, 0.15) is 0 Å². The maximum absolute atomic E-state index is 14.0. The van der Waals surface area contributed by atoms with Crippen molar-refractivity contribution in [3.63, 3.8) is 0 Å². The number of nitrogens with two attached hydrogens (primary N) is 2. The molecule has 15 heteroatoms. The van der Waals surface area contributed by atoms with Crippen LogP contribution in [0.25, 0.3) is 0 Å². The zero-order valence-electron chi connectivity index (χ0n) is 37.0. The summed E-state index contributed by atoms with van der Waals surface area (Å²) in [5.74, 6) is 2.71. The first-order valence-electron chi connectivity index (χ1n) is 21.9. The molecule has 2 atom stereocenters. The first-order chi connectivity index (χ1) is 29.4. The summed E-state index contributed by atoms with van der Waals surface area (Å²) in [5.41, 5.74) is 14.8. The largest absolute Gasteiger partial charge is 0.383 e. The molecule has 4 spiro atoms. The Balaban J connectivity index is 0.000000189. The van der Waals surface area contributed by atoms with Crippen molar-refractivity contribution in [2.24, 2.45) is 32.3 Å². The highest BCUT2D eigenvalue weighted by Gasteiger charge is 2.68. The van der Waals surface area contributed by atoms with Crippen molar-refractivity contribution in [2.75, 3.05) is 66.2 Å². The average Bonchev–Trinajstić information content (AvgIpc) is 3.89. The highest BCUT2D eigenvalue weighted by atomic mass is 79.9. The molecule has 8 rings (SSSR count). The van der Waals surface area contributed by atoms with E-state index in [1.165, 1.54) is 22.4 Å². The second-order valence-electron chi connectivity index (χ2n) is 17.2. The number of thioether (sulfide) groups is 1. The molecule has 4 aliphatic carbocycles. The van der Waals surface area contributed by atoms with Crippen LogP contribution in [-0.2, 0) is 52.5 Å². The number of carbonyl (C=O) groups is 2. The number of fused-ring (bicyclic) bond motifs is 6. The fraction of sp³-hybridized carbons (Fsp3) is 0.652. The Morgan fingerprint density at radius 3 is 1.59 bits per heavy atom. The number of guanidine groups is 2. The number of hydrogen-bond donors (Lipinski definition) is 3. The molecule has 336 valence electrons. The van der Waals surface area contributed by atoms with Crippen LogP contribution in [0.15, 0.2) is 55.8 Å². The first kappa shape index (κ1) is 47.8. The third kappa shape index (κ3) is 8.67. The summed E-state index contributed by atoms with van der Waals surface area (Å²) in [5, 5.41) is 0. The summed E-state index contributed by atoms with van der Waals surface area (Å²) in [6, 6.07) is 12.8. The van der Waals surface area contributed by atoms with Gasteiger partial charge in [-0.05, 0) is 135 Å². The molecule has 0 bridgehead atoms. The van der Waals surface area contributed by atoms with Crippen molar-refractivity contribution in [1.82, 2.24) is 9.80 Å². The molecular weight excluding hydrogens is 877 g/mol. The molecule has 2 heterocycles. The summed E-state index contributed by atoms with van der Waals surface area (Å²) < 4.78 is 22.6. The molecule has 6 aliphatic rings. The Hall–Kier alpha value is -2.66. The van der Waals surface area contributed by atoms with Crippen LogP contribution in [0.3, 0.4) is 0 Å². The zero-order valence-corrected chi connectivity index (χ0v) is 40.3. The first-order valence-corrected chi connectivity index (χ1v) is 24.3. The Kier molecular flexibility index (Phi) is 16.0. The molecule has 2 aromatic carbocycles. The van der Waals surface area contributed by atoms with E-state index in [2.05, 4.69) is 72.7 Å². The number of nitrogens with zero attached hydrogens (tertiary/aromatic N) is 4. The molecule has 12 nitrogen and oxygen atoms in total. The lowest BCUT2D eigenvalue weighted by atomic mass is 9.61. The molecule has 2 unspecified atom stereocenters. The van der Waals surface area contributed by atoms with Gasteiger partial charge in [0.15, 0.2) is 23.0 Å². The third-order valence-electron chi connectivity index (χ3n) is 13.9. The van der Waals surface area contributed by atoms with Gasteiger partial charge in [-0.25, -0.2) is 9.98 Å². The minimum atomic E-state index is -0.928. The van der Waals surface area contributed by atoms with Crippen LogP contribution in [0.5, 0.6) is 0 Å². The quantitative estimate of drug-likeness (QED) is 0.148. The molecular formula is C46H67BrN6O6S2. The van der Waals surface area contributed by atoms with Crippen molar-refractivity contribution in [3.8, 4) is 0 Å². The Morgan fingerprint density at radius 1 is 0.738 bits per heavy atom. The summed E-state index contributed by atoms with van der Waals surface area (Å²) in [6.07, 6.45) is 11.9. The topological polar surface area (TPSA) is 154 Å². The van der Waals surface area contributed by atoms with Crippen LogP contribution >= 0.6 is 40.3 Å². The fourth-order valence-electron chi connectivity index (χ4n) is 10.8. The number of benzene rings is 2. The lowest BCUT2D eigenvalue weighted by Crippen LogP contribution is -2.52. The number of halogens is 1. The zero-order chi connectivity index (χ0) is 44.0. The van der Waals surface area contributed by atoms with E-state index in [0.717, 1.165) is 97.7 Å². The molecule has 2 aromatic rings. The SMILES string of the molecule is CCCS.CCCSc1ccc2c(c1)C1(N=C(N)N(CCOC)C1=O)C1(CCC(OC)CC1)C2.COCCN1C(=O)C2(N=C1N)c1cc(Br)ccc1CC21CCC(OC)CC1. The molecule has 2 fully saturated rings. The molecule has 2 aliphatic heterocycles. The maximum Gasteiger partial charge on any atom is 0.262 e. The molecule has 61 heavy (non-hydrogen) atoms. The molecule has 2 amide bonds. The van der Waals surface area contributed by atoms with Gasteiger partial charge < -0.3 is 30.4 Å².